The Hall–Kier alpha value is -1.71. The molecule has 1 atom stereocenters. The Morgan fingerprint density at radius 2 is 2.18 bits per heavy atom. The summed E-state index contributed by atoms with van der Waals surface area (Å²) in [5.74, 6) is 0. The molecule has 1 heterocycles. The Morgan fingerprint density at radius 1 is 1.50 bits per heavy atom. The van der Waals surface area contributed by atoms with Gasteiger partial charge in [-0.1, -0.05) is 6.92 Å². The van der Waals surface area contributed by atoms with E-state index in [0.29, 0.717) is 25.4 Å². The molecule has 1 saturated heterocycles. The Balaban J connectivity index is 2.48. The zero-order chi connectivity index (χ0) is 16.5. The van der Waals surface area contributed by atoms with E-state index in [2.05, 4.69) is 0 Å². The number of primary sulfonamides is 1. The van der Waals surface area contributed by atoms with E-state index in [4.69, 9.17) is 9.88 Å². The third-order valence-corrected chi connectivity index (χ3v) is 4.83. The molecule has 122 valence electrons. The van der Waals surface area contributed by atoms with E-state index in [1.807, 2.05) is 18.7 Å². The molecule has 0 aromatic heterocycles. The SMILES string of the molecule is CCC1(C)CN(c2ccc([N+](=O)[O-])cc2S(N)(=O)=O)CCO1. The van der Waals surface area contributed by atoms with Crippen LogP contribution >= 0.6 is 0 Å². The quantitative estimate of drug-likeness (QED) is 0.656. The fraction of sp³-hybridized carbons (Fsp3) is 0.538. The van der Waals surface area contributed by atoms with Crippen molar-refractivity contribution < 1.29 is 18.1 Å². The van der Waals surface area contributed by atoms with Crippen molar-refractivity contribution in [3.8, 4) is 0 Å². The average Bonchev–Trinajstić information content (AvgIpc) is 2.45. The third-order valence-electron chi connectivity index (χ3n) is 3.89. The lowest BCUT2D eigenvalue weighted by Crippen LogP contribution is -2.50. The monoisotopic (exact) mass is 329 g/mol. The molecule has 1 aliphatic heterocycles. The zero-order valence-electron chi connectivity index (χ0n) is 12.5. The summed E-state index contributed by atoms with van der Waals surface area (Å²) in [6.07, 6.45) is 0.765. The lowest BCUT2D eigenvalue weighted by Gasteiger charge is -2.41. The van der Waals surface area contributed by atoms with Gasteiger partial charge in [0.15, 0.2) is 0 Å². The standard InChI is InChI=1S/C13H19N3O5S/c1-3-13(2)9-15(6-7-21-13)11-5-4-10(16(17)18)8-12(11)22(14,19)20/h4-5,8H,3,6-7,9H2,1-2H3,(H2,14,19,20). The number of hydrogen-bond acceptors (Lipinski definition) is 6. The van der Waals surface area contributed by atoms with Gasteiger partial charge < -0.3 is 9.64 Å². The molecule has 0 spiro atoms. The second kappa shape index (κ2) is 5.82. The van der Waals surface area contributed by atoms with Crippen LogP contribution in [0.25, 0.3) is 0 Å². The fourth-order valence-corrected chi connectivity index (χ4v) is 3.23. The number of rotatable bonds is 4. The van der Waals surface area contributed by atoms with Gasteiger partial charge in [-0.3, -0.25) is 10.1 Å². The Kier molecular flexibility index (Phi) is 4.41. The number of morpholine rings is 1. The van der Waals surface area contributed by atoms with Gasteiger partial charge in [-0.2, -0.15) is 0 Å². The van der Waals surface area contributed by atoms with Crippen LogP contribution in [0.1, 0.15) is 20.3 Å². The zero-order valence-corrected chi connectivity index (χ0v) is 13.3. The first-order valence-corrected chi connectivity index (χ1v) is 8.41. The van der Waals surface area contributed by atoms with Gasteiger partial charge in [0.2, 0.25) is 10.0 Å². The maximum atomic E-state index is 11.8. The van der Waals surface area contributed by atoms with Gasteiger partial charge in [0, 0.05) is 25.2 Å². The normalized spacial score (nSPS) is 22.6. The summed E-state index contributed by atoms with van der Waals surface area (Å²) in [7, 11) is -4.07. The highest BCUT2D eigenvalue weighted by molar-refractivity contribution is 7.89. The summed E-state index contributed by atoms with van der Waals surface area (Å²) >= 11 is 0. The highest BCUT2D eigenvalue weighted by Gasteiger charge is 2.33. The Bertz CT molecular complexity index is 691. The number of nitro groups is 1. The van der Waals surface area contributed by atoms with E-state index in [1.54, 1.807) is 0 Å². The van der Waals surface area contributed by atoms with Crippen LogP contribution in [-0.4, -0.2) is 38.6 Å². The van der Waals surface area contributed by atoms with E-state index in [9.17, 15) is 18.5 Å². The lowest BCUT2D eigenvalue weighted by molar-refractivity contribution is -0.385. The van der Waals surface area contributed by atoms with E-state index in [0.717, 1.165) is 12.5 Å². The van der Waals surface area contributed by atoms with Gasteiger partial charge in [0.05, 0.1) is 22.8 Å². The lowest BCUT2D eigenvalue weighted by atomic mass is 10.0. The fourth-order valence-electron chi connectivity index (χ4n) is 2.46. The van der Waals surface area contributed by atoms with Gasteiger partial charge in [-0.25, -0.2) is 13.6 Å². The molecule has 0 radical (unpaired) electrons. The van der Waals surface area contributed by atoms with Crippen molar-refractivity contribution in [3.05, 3.63) is 28.3 Å². The average molecular weight is 329 g/mol. The molecule has 1 fully saturated rings. The van der Waals surface area contributed by atoms with Gasteiger partial charge in [0.1, 0.15) is 4.90 Å². The summed E-state index contributed by atoms with van der Waals surface area (Å²) in [6.45, 7) is 5.37. The number of sulfonamides is 1. The summed E-state index contributed by atoms with van der Waals surface area (Å²) in [6, 6.07) is 3.71. The van der Waals surface area contributed by atoms with Crippen LogP contribution in [0.2, 0.25) is 0 Å². The predicted molar refractivity (Wildman–Crippen MR) is 81.3 cm³/mol. The minimum absolute atomic E-state index is 0.234. The molecule has 0 amide bonds. The molecule has 0 saturated carbocycles. The molecule has 0 bridgehead atoms. The maximum absolute atomic E-state index is 11.8. The highest BCUT2D eigenvalue weighted by Crippen LogP contribution is 2.32. The number of ether oxygens (including phenoxy) is 1. The van der Waals surface area contributed by atoms with Gasteiger partial charge in [0.25, 0.3) is 5.69 Å². The van der Waals surface area contributed by atoms with Crippen LogP contribution in [0.4, 0.5) is 11.4 Å². The van der Waals surface area contributed by atoms with Gasteiger partial charge in [-0.05, 0) is 19.4 Å². The van der Waals surface area contributed by atoms with Crippen molar-refractivity contribution in [1.82, 2.24) is 0 Å². The molecule has 8 nitrogen and oxygen atoms in total. The van der Waals surface area contributed by atoms with Gasteiger partial charge >= 0.3 is 0 Å². The molecule has 1 unspecified atom stereocenters. The maximum Gasteiger partial charge on any atom is 0.270 e. The highest BCUT2D eigenvalue weighted by atomic mass is 32.2. The first kappa shape index (κ1) is 16.7. The number of non-ortho nitro benzene ring substituents is 1. The molecule has 2 N–H and O–H groups in total. The van der Waals surface area contributed by atoms with Crippen molar-refractivity contribution >= 4 is 21.4 Å². The van der Waals surface area contributed by atoms with Crippen molar-refractivity contribution in [2.45, 2.75) is 30.8 Å². The molecule has 1 aromatic carbocycles. The summed E-state index contributed by atoms with van der Waals surface area (Å²) < 4.78 is 29.3. The number of anilines is 1. The molecule has 0 aliphatic carbocycles. The smallest absolute Gasteiger partial charge is 0.270 e. The second-order valence-corrected chi connectivity index (χ2v) is 7.06. The van der Waals surface area contributed by atoms with Crippen LogP contribution in [-0.2, 0) is 14.8 Å². The molecule has 1 aliphatic rings. The second-order valence-electron chi connectivity index (χ2n) is 5.53. The molecule has 2 rings (SSSR count). The van der Waals surface area contributed by atoms with Crippen LogP contribution in [0.15, 0.2) is 23.1 Å². The van der Waals surface area contributed by atoms with E-state index < -0.39 is 20.5 Å². The van der Waals surface area contributed by atoms with Crippen LogP contribution in [0, 0.1) is 10.1 Å². The van der Waals surface area contributed by atoms with Crippen molar-refractivity contribution in [1.29, 1.82) is 0 Å². The summed E-state index contributed by atoms with van der Waals surface area (Å²) in [5, 5.41) is 16.1. The van der Waals surface area contributed by atoms with Gasteiger partial charge in [-0.15, -0.1) is 0 Å². The molecular formula is C13H19N3O5S. The molecule has 9 heteroatoms. The molecule has 1 aromatic rings. The van der Waals surface area contributed by atoms with Crippen LogP contribution < -0.4 is 10.0 Å². The number of benzene rings is 1. The van der Waals surface area contributed by atoms with E-state index in [1.165, 1.54) is 12.1 Å². The number of nitrogens with two attached hydrogens (primary N) is 1. The Labute approximate surface area is 129 Å². The summed E-state index contributed by atoms with van der Waals surface area (Å²) in [5.41, 5.74) is -0.328. The number of hydrogen-bond donors (Lipinski definition) is 1. The first-order chi connectivity index (χ1) is 10.2. The van der Waals surface area contributed by atoms with Crippen LogP contribution in [0.3, 0.4) is 0 Å². The van der Waals surface area contributed by atoms with Crippen LogP contribution in [0.5, 0.6) is 0 Å². The first-order valence-electron chi connectivity index (χ1n) is 6.86. The third kappa shape index (κ3) is 3.37. The topological polar surface area (TPSA) is 116 Å². The summed E-state index contributed by atoms with van der Waals surface area (Å²) in [4.78, 5) is 11.8. The molecular weight excluding hydrogens is 310 g/mol. The largest absolute Gasteiger partial charge is 0.372 e. The Morgan fingerprint density at radius 3 is 2.73 bits per heavy atom. The van der Waals surface area contributed by atoms with Crippen molar-refractivity contribution in [2.24, 2.45) is 5.14 Å². The number of nitro benzene ring substituents is 1. The van der Waals surface area contributed by atoms with E-state index >= 15 is 0 Å². The van der Waals surface area contributed by atoms with Crippen molar-refractivity contribution in [2.75, 3.05) is 24.6 Å². The number of nitrogens with zero attached hydrogens (tertiary/aromatic N) is 2. The minimum atomic E-state index is -4.07. The molecule has 22 heavy (non-hydrogen) atoms. The van der Waals surface area contributed by atoms with Crippen molar-refractivity contribution in [3.63, 3.8) is 0 Å². The predicted octanol–water partition coefficient (Wildman–Crippen LogP) is 1.25. The van der Waals surface area contributed by atoms with E-state index in [-0.39, 0.29) is 10.6 Å². The minimum Gasteiger partial charge on any atom is -0.372 e.